The van der Waals surface area contributed by atoms with Crippen LogP contribution in [0, 0.1) is 0 Å². The number of para-hydroxylation sites is 1. The molecule has 2 aromatic heterocycles. The zero-order valence-electron chi connectivity index (χ0n) is 16.4. The number of nitrogens with zero attached hydrogens (tertiary/aromatic N) is 1. The monoisotopic (exact) mass is 404 g/mol. The van der Waals surface area contributed by atoms with Gasteiger partial charge in [-0.05, 0) is 36.4 Å². The van der Waals surface area contributed by atoms with Crippen molar-refractivity contribution in [3.8, 4) is 0 Å². The maximum Gasteiger partial charge on any atom is 0.289 e. The molecular formula is C23H22N3O4+. The van der Waals surface area contributed by atoms with Crippen LogP contribution in [0.3, 0.4) is 0 Å². The third kappa shape index (κ3) is 3.55. The van der Waals surface area contributed by atoms with Crippen molar-refractivity contribution in [3.63, 3.8) is 0 Å². The molecule has 0 unspecified atom stereocenters. The van der Waals surface area contributed by atoms with Gasteiger partial charge in [0.15, 0.2) is 12.3 Å². The molecule has 0 radical (unpaired) electrons. The molecule has 1 aliphatic heterocycles. The van der Waals surface area contributed by atoms with Gasteiger partial charge in [0.05, 0.1) is 32.4 Å². The molecule has 7 nitrogen and oxygen atoms in total. The summed E-state index contributed by atoms with van der Waals surface area (Å²) in [6.45, 7) is 3.04. The minimum Gasteiger partial charge on any atom is -0.459 e. The Balaban J connectivity index is 1.19. The molecule has 0 atom stereocenters. The molecular weight excluding hydrogens is 382 g/mol. The Morgan fingerprint density at radius 3 is 2.57 bits per heavy atom. The highest BCUT2D eigenvalue weighted by Gasteiger charge is 2.27. The summed E-state index contributed by atoms with van der Waals surface area (Å²) in [5.74, 6) is 0.227. The van der Waals surface area contributed by atoms with E-state index in [2.05, 4.69) is 5.32 Å². The SMILES string of the molecule is O=C(C[NH+]1CCN(C(=O)c2ccco2)CC1)Nc1ccc2oc3ccccc3c2c1. The summed E-state index contributed by atoms with van der Waals surface area (Å²) in [5, 5.41) is 5.02. The second kappa shape index (κ2) is 7.68. The first kappa shape index (κ1) is 18.4. The number of hydrogen-bond acceptors (Lipinski definition) is 4. The molecule has 152 valence electrons. The summed E-state index contributed by atoms with van der Waals surface area (Å²) >= 11 is 0. The third-order valence-electron chi connectivity index (χ3n) is 5.56. The number of rotatable bonds is 4. The van der Waals surface area contributed by atoms with Gasteiger partial charge < -0.3 is 24.0 Å². The molecule has 30 heavy (non-hydrogen) atoms. The van der Waals surface area contributed by atoms with Crippen molar-refractivity contribution in [1.29, 1.82) is 0 Å². The molecule has 0 saturated carbocycles. The maximum absolute atomic E-state index is 12.6. The van der Waals surface area contributed by atoms with Crippen LogP contribution >= 0.6 is 0 Å². The summed E-state index contributed by atoms with van der Waals surface area (Å²) in [7, 11) is 0. The number of fused-ring (bicyclic) bond motifs is 3. The zero-order valence-corrected chi connectivity index (χ0v) is 16.4. The molecule has 1 fully saturated rings. The van der Waals surface area contributed by atoms with Gasteiger partial charge in [-0.1, -0.05) is 18.2 Å². The molecule has 2 aromatic carbocycles. The fourth-order valence-corrected chi connectivity index (χ4v) is 3.99. The molecule has 5 rings (SSSR count). The number of piperazine rings is 1. The number of anilines is 1. The molecule has 1 aliphatic rings. The van der Waals surface area contributed by atoms with E-state index in [1.807, 2.05) is 42.5 Å². The summed E-state index contributed by atoms with van der Waals surface area (Å²) in [6.07, 6.45) is 1.50. The lowest BCUT2D eigenvalue weighted by molar-refractivity contribution is -0.895. The van der Waals surface area contributed by atoms with E-state index >= 15 is 0 Å². The van der Waals surface area contributed by atoms with E-state index in [4.69, 9.17) is 8.83 Å². The smallest absolute Gasteiger partial charge is 0.289 e. The number of nitrogens with one attached hydrogen (secondary N) is 2. The fourth-order valence-electron chi connectivity index (χ4n) is 3.99. The van der Waals surface area contributed by atoms with Crippen molar-refractivity contribution >= 4 is 39.4 Å². The van der Waals surface area contributed by atoms with Gasteiger partial charge in [-0.3, -0.25) is 9.59 Å². The molecule has 4 aromatic rings. The average molecular weight is 404 g/mol. The van der Waals surface area contributed by atoms with Crippen LogP contribution < -0.4 is 10.2 Å². The average Bonchev–Trinajstić information content (AvgIpc) is 3.42. The second-order valence-corrected chi connectivity index (χ2v) is 7.55. The number of hydrogen-bond donors (Lipinski definition) is 2. The van der Waals surface area contributed by atoms with Crippen molar-refractivity contribution in [2.45, 2.75) is 0 Å². The largest absolute Gasteiger partial charge is 0.459 e. The first-order valence-corrected chi connectivity index (χ1v) is 10.0. The highest BCUT2D eigenvalue weighted by Crippen LogP contribution is 2.30. The summed E-state index contributed by atoms with van der Waals surface area (Å²) < 4.78 is 11.0. The van der Waals surface area contributed by atoms with Crippen LogP contribution in [0.5, 0.6) is 0 Å². The molecule has 2 amide bonds. The van der Waals surface area contributed by atoms with E-state index < -0.39 is 0 Å². The van der Waals surface area contributed by atoms with Gasteiger partial charge in [0.25, 0.3) is 11.8 Å². The predicted molar refractivity (Wildman–Crippen MR) is 113 cm³/mol. The highest BCUT2D eigenvalue weighted by atomic mass is 16.3. The zero-order chi connectivity index (χ0) is 20.5. The number of carbonyl (C=O) groups is 2. The van der Waals surface area contributed by atoms with Gasteiger partial charge in [-0.15, -0.1) is 0 Å². The lowest BCUT2D eigenvalue weighted by Crippen LogP contribution is -3.15. The van der Waals surface area contributed by atoms with E-state index in [1.165, 1.54) is 6.26 Å². The Morgan fingerprint density at radius 2 is 1.77 bits per heavy atom. The summed E-state index contributed by atoms with van der Waals surface area (Å²) in [4.78, 5) is 27.8. The maximum atomic E-state index is 12.6. The van der Waals surface area contributed by atoms with Crippen molar-refractivity contribution in [1.82, 2.24) is 4.90 Å². The highest BCUT2D eigenvalue weighted by molar-refractivity contribution is 6.07. The van der Waals surface area contributed by atoms with E-state index in [9.17, 15) is 9.59 Å². The molecule has 0 spiro atoms. The Bertz CT molecular complexity index is 1200. The normalized spacial score (nSPS) is 15.0. The lowest BCUT2D eigenvalue weighted by atomic mass is 10.1. The Morgan fingerprint density at radius 1 is 0.967 bits per heavy atom. The Hall–Kier alpha value is -3.58. The Labute approximate surface area is 172 Å². The van der Waals surface area contributed by atoms with Crippen LogP contribution in [0.4, 0.5) is 5.69 Å². The molecule has 7 heteroatoms. The van der Waals surface area contributed by atoms with E-state index in [0.717, 1.165) is 45.6 Å². The number of furan rings is 2. The minimum absolute atomic E-state index is 0.0389. The van der Waals surface area contributed by atoms with E-state index in [0.29, 0.717) is 25.4 Å². The van der Waals surface area contributed by atoms with Crippen LogP contribution in [0.2, 0.25) is 0 Å². The predicted octanol–water partition coefficient (Wildman–Crippen LogP) is 2.16. The number of carbonyl (C=O) groups excluding carboxylic acids is 2. The number of amides is 2. The second-order valence-electron chi connectivity index (χ2n) is 7.55. The van der Waals surface area contributed by atoms with Gasteiger partial charge >= 0.3 is 0 Å². The minimum atomic E-state index is -0.0934. The van der Waals surface area contributed by atoms with Gasteiger partial charge in [0.1, 0.15) is 11.2 Å². The fraction of sp³-hybridized carbons (Fsp3) is 0.217. The molecule has 0 aliphatic carbocycles. The number of quaternary nitrogens is 1. The van der Waals surface area contributed by atoms with Crippen LogP contribution in [0.25, 0.3) is 21.9 Å². The molecule has 3 heterocycles. The third-order valence-corrected chi connectivity index (χ3v) is 5.56. The first-order chi connectivity index (χ1) is 14.7. The Kier molecular flexibility index (Phi) is 4.72. The standard InChI is InChI=1S/C23H21N3O4/c27-22(15-25-9-11-26(12-10-25)23(28)21-6-3-13-29-21)24-16-7-8-20-18(14-16)17-4-1-2-5-19(17)30-20/h1-8,13-14H,9-12,15H2,(H,24,27)/p+1. The quantitative estimate of drug-likeness (QED) is 0.546. The van der Waals surface area contributed by atoms with Crippen LogP contribution in [0.1, 0.15) is 10.6 Å². The summed E-state index contributed by atoms with van der Waals surface area (Å²) in [6, 6.07) is 17.0. The van der Waals surface area contributed by atoms with E-state index in [1.54, 1.807) is 17.0 Å². The van der Waals surface area contributed by atoms with Gasteiger partial charge in [-0.25, -0.2) is 0 Å². The lowest BCUT2D eigenvalue weighted by Gasteiger charge is -2.31. The molecule has 0 bridgehead atoms. The van der Waals surface area contributed by atoms with Gasteiger partial charge in [-0.2, -0.15) is 0 Å². The summed E-state index contributed by atoms with van der Waals surface area (Å²) in [5.41, 5.74) is 2.39. The van der Waals surface area contributed by atoms with Crippen molar-refractivity contribution in [3.05, 3.63) is 66.6 Å². The van der Waals surface area contributed by atoms with Crippen LogP contribution in [-0.4, -0.2) is 49.4 Å². The van der Waals surface area contributed by atoms with Gasteiger partial charge in [0, 0.05) is 16.5 Å². The van der Waals surface area contributed by atoms with Crippen molar-refractivity contribution in [2.24, 2.45) is 0 Å². The molecule has 2 N–H and O–H groups in total. The first-order valence-electron chi connectivity index (χ1n) is 10.0. The van der Waals surface area contributed by atoms with Crippen molar-refractivity contribution in [2.75, 3.05) is 38.0 Å². The van der Waals surface area contributed by atoms with Crippen LogP contribution in [-0.2, 0) is 4.79 Å². The van der Waals surface area contributed by atoms with E-state index in [-0.39, 0.29) is 11.8 Å². The number of benzene rings is 2. The molecule has 1 saturated heterocycles. The van der Waals surface area contributed by atoms with Crippen molar-refractivity contribution < 1.29 is 23.3 Å². The van der Waals surface area contributed by atoms with Gasteiger partial charge in [0.2, 0.25) is 0 Å². The van der Waals surface area contributed by atoms with Crippen LogP contribution in [0.15, 0.2) is 69.7 Å². The topological polar surface area (TPSA) is 80.1 Å².